The molecule has 0 spiro atoms. The van der Waals surface area contributed by atoms with Crippen molar-refractivity contribution in [3.05, 3.63) is 24.3 Å². The van der Waals surface area contributed by atoms with Crippen molar-refractivity contribution in [3.8, 4) is 0 Å². The van der Waals surface area contributed by atoms with Gasteiger partial charge in [0.15, 0.2) is 0 Å². The van der Waals surface area contributed by atoms with Crippen molar-refractivity contribution < 1.29 is 56.4 Å². The molecule has 0 amide bonds. The molecule has 0 aliphatic rings. The molecule has 0 aliphatic heterocycles. The summed E-state index contributed by atoms with van der Waals surface area (Å²) in [5, 5.41) is 31.9. The fourth-order valence-corrected chi connectivity index (χ4v) is 0.521. The van der Waals surface area contributed by atoms with E-state index in [-0.39, 0.29) is 29.6 Å². The Labute approximate surface area is 118 Å². The molecule has 0 aromatic carbocycles. The Morgan fingerprint density at radius 3 is 1.11 bits per heavy atom. The van der Waals surface area contributed by atoms with Crippen molar-refractivity contribution in [2.75, 3.05) is 0 Å². The predicted octanol–water partition coefficient (Wildman–Crippen LogP) is 0.201. The third-order valence-corrected chi connectivity index (χ3v) is 1.11. The first-order chi connectivity index (χ1) is 8.25. The van der Waals surface area contributed by atoms with Gasteiger partial charge < -0.3 is 20.4 Å². The van der Waals surface area contributed by atoms with Crippen molar-refractivity contribution >= 4 is 23.9 Å². The molecule has 0 atom stereocenters. The van der Waals surface area contributed by atoms with Gasteiger partial charge in [0.05, 0.1) is 12.8 Å². The number of carbonyl (C=O) groups is 4. The summed E-state index contributed by atoms with van der Waals surface area (Å²) >= 11 is 0. The van der Waals surface area contributed by atoms with Crippen LogP contribution < -0.4 is 0 Å². The van der Waals surface area contributed by atoms with Crippen LogP contribution in [0, 0.1) is 0 Å². The van der Waals surface area contributed by atoms with Crippen molar-refractivity contribution in [1.82, 2.24) is 0 Å². The second kappa shape index (κ2) is 13.9. The van der Waals surface area contributed by atoms with Gasteiger partial charge in [0, 0.05) is 28.9 Å². The molecule has 109 valence electrons. The zero-order chi connectivity index (χ0) is 14.6. The summed E-state index contributed by atoms with van der Waals surface area (Å²) in [6, 6.07) is 0. The number of carboxylic acids is 4. The number of rotatable bonds is 6. The SMILES string of the molecule is O=C(O)C=CCC(=O)O.O=C(O)C=CCC(=O)O.[Co]. The van der Waals surface area contributed by atoms with Gasteiger partial charge in [-0.15, -0.1) is 0 Å². The van der Waals surface area contributed by atoms with Crippen LogP contribution in [0.4, 0.5) is 0 Å². The average Bonchev–Trinajstić information content (AvgIpc) is 2.15. The summed E-state index contributed by atoms with van der Waals surface area (Å²) in [5.41, 5.74) is 0. The fraction of sp³-hybridized carbons (Fsp3) is 0.200. The Kier molecular flexibility index (Phi) is 16.2. The van der Waals surface area contributed by atoms with E-state index >= 15 is 0 Å². The fourth-order valence-electron chi connectivity index (χ4n) is 0.521. The third kappa shape index (κ3) is 31.3. The van der Waals surface area contributed by atoms with Crippen molar-refractivity contribution in [2.45, 2.75) is 12.8 Å². The van der Waals surface area contributed by atoms with E-state index in [9.17, 15) is 19.2 Å². The molecule has 1 radical (unpaired) electrons. The third-order valence-electron chi connectivity index (χ3n) is 1.11. The van der Waals surface area contributed by atoms with Crippen LogP contribution in [0.25, 0.3) is 0 Å². The van der Waals surface area contributed by atoms with E-state index in [1.165, 1.54) is 0 Å². The first kappa shape index (κ1) is 22.1. The van der Waals surface area contributed by atoms with Gasteiger partial charge in [-0.3, -0.25) is 9.59 Å². The minimum Gasteiger partial charge on any atom is -0.481 e. The smallest absolute Gasteiger partial charge is 0.327 e. The van der Waals surface area contributed by atoms with E-state index in [0.29, 0.717) is 0 Å². The first-order valence-corrected chi connectivity index (χ1v) is 4.48. The molecule has 4 N–H and O–H groups in total. The van der Waals surface area contributed by atoms with Crippen LogP contribution >= 0.6 is 0 Å². The zero-order valence-electron chi connectivity index (χ0n) is 9.48. The normalized spacial score (nSPS) is 9.26. The Hall–Kier alpha value is -2.13. The Balaban J connectivity index is -0.000000256. The molecule has 0 aliphatic carbocycles. The molecule has 9 heteroatoms. The zero-order valence-corrected chi connectivity index (χ0v) is 10.5. The summed E-state index contributed by atoms with van der Waals surface area (Å²) in [5.74, 6) is -4.33. The summed E-state index contributed by atoms with van der Waals surface area (Å²) in [6.07, 6.45) is 3.26. The van der Waals surface area contributed by atoms with Crippen LogP contribution in [0.15, 0.2) is 24.3 Å². The maximum absolute atomic E-state index is 9.74. The molecule has 8 nitrogen and oxygen atoms in total. The average molecular weight is 319 g/mol. The number of hydrogen-bond donors (Lipinski definition) is 4. The van der Waals surface area contributed by atoms with Gasteiger partial charge in [-0.2, -0.15) is 0 Å². The summed E-state index contributed by atoms with van der Waals surface area (Å²) in [6.45, 7) is 0. The monoisotopic (exact) mass is 319 g/mol. The van der Waals surface area contributed by atoms with Gasteiger partial charge in [-0.05, 0) is 0 Å². The minimum atomic E-state index is -1.13. The molecular formula is C10H12CoO8. The van der Waals surface area contributed by atoms with E-state index in [1.807, 2.05) is 0 Å². The minimum absolute atomic E-state index is 0. The molecule has 0 fully saturated rings. The van der Waals surface area contributed by atoms with Gasteiger partial charge >= 0.3 is 23.9 Å². The maximum Gasteiger partial charge on any atom is 0.327 e. The van der Waals surface area contributed by atoms with Gasteiger partial charge in [0.1, 0.15) is 0 Å². The second-order valence-electron chi connectivity index (χ2n) is 2.68. The molecule has 0 saturated carbocycles. The molecule has 0 bridgehead atoms. The van der Waals surface area contributed by atoms with E-state index in [0.717, 1.165) is 24.3 Å². The van der Waals surface area contributed by atoms with Crippen LogP contribution in [-0.4, -0.2) is 44.3 Å². The van der Waals surface area contributed by atoms with Gasteiger partial charge in [0.25, 0.3) is 0 Å². The largest absolute Gasteiger partial charge is 0.481 e. The summed E-state index contributed by atoms with van der Waals surface area (Å²) in [7, 11) is 0. The standard InChI is InChI=1S/2C5H6O4.Co/c2*6-4(7)2-1-3-5(8)9;/h2*1-2H,3H2,(H,6,7)(H,8,9);. The van der Waals surface area contributed by atoms with E-state index < -0.39 is 23.9 Å². The number of hydrogen-bond acceptors (Lipinski definition) is 4. The van der Waals surface area contributed by atoms with E-state index in [1.54, 1.807) is 0 Å². The van der Waals surface area contributed by atoms with Crippen LogP contribution in [0.1, 0.15) is 12.8 Å². The molecule has 0 unspecified atom stereocenters. The molecule has 19 heavy (non-hydrogen) atoms. The van der Waals surface area contributed by atoms with Crippen LogP contribution in [0.3, 0.4) is 0 Å². The van der Waals surface area contributed by atoms with Crippen molar-refractivity contribution in [2.24, 2.45) is 0 Å². The van der Waals surface area contributed by atoms with Crippen LogP contribution in [-0.2, 0) is 36.0 Å². The second-order valence-corrected chi connectivity index (χ2v) is 2.68. The van der Waals surface area contributed by atoms with E-state index in [4.69, 9.17) is 20.4 Å². The maximum atomic E-state index is 9.74. The molecule has 0 saturated heterocycles. The molecule has 0 heterocycles. The van der Waals surface area contributed by atoms with Crippen LogP contribution in [0.5, 0.6) is 0 Å². The topological polar surface area (TPSA) is 149 Å². The quantitative estimate of drug-likeness (QED) is 0.507. The van der Waals surface area contributed by atoms with E-state index in [2.05, 4.69) is 0 Å². The molecular weight excluding hydrogens is 307 g/mol. The molecule has 0 rings (SSSR count). The number of carboxylic acid groups (broad SMARTS) is 4. The van der Waals surface area contributed by atoms with Gasteiger partial charge in [0.2, 0.25) is 0 Å². The van der Waals surface area contributed by atoms with Gasteiger partial charge in [-0.1, -0.05) is 12.2 Å². The summed E-state index contributed by atoms with van der Waals surface area (Å²) < 4.78 is 0. The molecule has 0 aromatic heterocycles. The Morgan fingerprint density at radius 2 is 0.947 bits per heavy atom. The predicted molar refractivity (Wildman–Crippen MR) is 58.1 cm³/mol. The van der Waals surface area contributed by atoms with Gasteiger partial charge in [-0.25, -0.2) is 9.59 Å². The molecule has 0 aromatic rings. The number of aliphatic carboxylic acids is 4. The first-order valence-electron chi connectivity index (χ1n) is 4.48. The summed E-state index contributed by atoms with van der Waals surface area (Å²) in [4.78, 5) is 38.9. The Morgan fingerprint density at radius 1 is 0.684 bits per heavy atom. The van der Waals surface area contributed by atoms with Crippen LogP contribution in [0.2, 0.25) is 0 Å². The Bertz CT molecular complexity index is 336. The van der Waals surface area contributed by atoms with Crippen molar-refractivity contribution in [1.29, 1.82) is 0 Å². The van der Waals surface area contributed by atoms with Crippen molar-refractivity contribution in [3.63, 3.8) is 0 Å².